The SMILES string of the molecule is COCCn1c(SCC(=O)Nc2ccc(Cl)c(Cl)c2)nc2cc(Cl)ccc2c1=O. The van der Waals surface area contributed by atoms with Gasteiger partial charge in [-0.25, -0.2) is 4.98 Å². The van der Waals surface area contributed by atoms with Gasteiger partial charge in [-0.2, -0.15) is 0 Å². The van der Waals surface area contributed by atoms with Gasteiger partial charge in [0, 0.05) is 17.8 Å². The number of amides is 1. The van der Waals surface area contributed by atoms with Gasteiger partial charge in [-0.1, -0.05) is 46.6 Å². The molecule has 1 heterocycles. The zero-order valence-corrected chi connectivity index (χ0v) is 18.3. The van der Waals surface area contributed by atoms with E-state index in [9.17, 15) is 9.59 Å². The molecule has 1 N–H and O–H groups in total. The number of carbonyl (C=O) groups is 1. The Hall–Kier alpha value is -1.77. The summed E-state index contributed by atoms with van der Waals surface area (Å²) < 4.78 is 6.59. The normalized spacial score (nSPS) is 11.0. The van der Waals surface area contributed by atoms with Crippen molar-refractivity contribution in [1.29, 1.82) is 0 Å². The van der Waals surface area contributed by atoms with Crippen LogP contribution in [-0.2, 0) is 16.1 Å². The third kappa shape index (κ3) is 5.43. The van der Waals surface area contributed by atoms with E-state index in [4.69, 9.17) is 39.5 Å². The minimum atomic E-state index is -0.271. The van der Waals surface area contributed by atoms with Gasteiger partial charge in [0.05, 0.1) is 39.9 Å². The first-order valence-electron chi connectivity index (χ1n) is 8.46. The number of carbonyl (C=O) groups excluding carboxylic acids is 1. The van der Waals surface area contributed by atoms with Crippen molar-refractivity contribution in [2.24, 2.45) is 0 Å². The van der Waals surface area contributed by atoms with Crippen LogP contribution in [0.2, 0.25) is 15.1 Å². The van der Waals surface area contributed by atoms with Crippen LogP contribution >= 0.6 is 46.6 Å². The Bertz CT molecular complexity index is 1120. The Morgan fingerprint density at radius 3 is 2.69 bits per heavy atom. The molecule has 3 aromatic rings. The average molecular weight is 473 g/mol. The van der Waals surface area contributed by atoms with Gasteiger partial charge >= 0.3 is 0 Å². The molecule has 0 aliphatic heterocycles. The highest BCUT2D eigenvalue weighted by molar-refractivity contribution is 7.99. The summed E-state index contributed by atoms with van der Waals surface area (Å²) >= 11 is 19.0. The number of nitrogens with one attached hydrogen (secondary N) is 1. The van der Waals surface area contributed by atoms with Crippen LogP contribution in [0.4, 0.5) is 5.69 Å². The molecule has 1 amide bonds. The van der Waals surface area contributed by atoms with Gasteiger partial charge in [0.25, 0.3) is 5.56 Å². The van der Waals surface area contributed by atoms with E-state index in [-0.39, 0.29) is 17.2 Å². The van der Waals surface area contributed by atoms with Gasteiger partial charge in [0.15, 0.2) is 5.16 Å². The molecule has 0 bridgehead atoms. The zero-order chi connectivity index (χ0) is 21.0. The number of anilines is 1. The second-order valence-corrected chi connectivity index (χ2v) is 8.16. The number of hydrogen-bond acceptors (Lipinski definition) is 5. The third-order valence-corrected chi connectivity index (χ3v) is 5.89. The number of benzene rings is 2. The van der Waals surface area contributed by atoms with Gasteiger partial charge in [0.2, 0.25) is 5.91 Å². The van der Waals surface area contributed by atoms with Crippen molar-refractivity contribution in [3.8, 4) is 0 Å². The Morgan fingerprint density at radius 1 is 1.17 bits per heavy atom. The number of halogens is 3. The molecule has 152 valence electrons. The lowest BCUT2D eigenvalue weighted by molar-refractivity contribution is -0.113. The van der Waals surface area contributed by atoms with Gasteiger partial charge in [-0.05, 0) is 36.4 Å². The van der Waals surface area contributed by atoms with E-state index >= 15 is 0 Å². The predicted octanol–water partition coefficient (Wildman–Crippen LogP) is 4.73. The van der Waals surface area contributed by atoms with E-state index in [0.717, 1.165) is 11.8 Å². The molecule has 0 unspecified atom stereocenters. The minimum Gasteiger partial charge on any atom is -0.383 e. The van der Waals surface area contributed by atoms with Crippen molar-refractivity contribution in [2.45, 2.75) is 11.7 Å². The molecule has 0 radical (unpaired) electrons. The molecule has 6 nitrogen and oxygen atoms in total. The third-order valence-electron chi connectivity index (χ3n) is 3.94. The lowest BCUT2D eigenvalue weighted by atomic mass is 10.2. The summed E-state index contributed by atoms with van der Waals surface area (Å²) in [4.78, 5) is 29.7. The largest absolute Gasteiger partial charge is 0.383 e. The van der Waals surface area contributed by atoms with Crippen LogP contribution in [0.25, 0.3) is 10.9 Å². The maximum Gasteiger partial charge on any atom is 0.262 e. The lowest BCUT2D eigenvalue weighted by Gasteiger charge is -2.13. The number of aromatic nitrogens is 2. The first-order chi connectivity index (χ1) is 13.9. The second kappa shape index (κ2) is 9.82. The van der Waals surface area contributed by atoms with Crippen molar-refractivity contribution in [2.75, 3.05) is 24.8 Å². The maximum absolute atomic E-state index is 12.9. The first-order valence-corrected chi connectivity index (χ1v) is 10.6. The molecule has 0 aliphatic rings. The lowest BCUT2D eigenvalue weighted by Crippen LogP contribution is -2.26. The fourth-order valence-corrected chi connectivity index (χ4v) is 3.85. The van der Waals surface area contributed by atoms with Crippen LogP contribution in [0.15, 0.2) is 46.3 Å². The number of fused-ring (bicyclic) bond motifs is 1. The van der Waals surface area contributed by atoms with Crippen molar-refractivity contribution in [1.82, 2.24) is 9.55 Å². The number of ether oxygens (including phenoxy) is 1. The monoisotopic (exact) mass is 471 g/mol. The highest BCUT2D eigenvalue weighted by Crippen LogP contribution is 2.25. The summed E-state index contributed by atoms with van der Waals surface area (Å²) in [5.41, 5.74) is 0.791. The van der Waals surface area contributed by atoms with E-state index in [1.165, 1.54) is 4.57 Å². The highest BCUT2D eigenvalue weighted by Gasteiger charge is 2.14. The minimum absolute atomic E-state index is 0.0474. The predicted molar refractivity (Wildman–Crippen MR) is 119 cm³/mol. The molecule has 3 rings (SSSR count). The van der Waals surface area contributed by atoms with E-state index in [2.05, 4.69) is 10.3 Å². The molecule has 29 heavy (non-hydrogen) atoms. The summed E-state index contributed by atoms with van der Waals surface area (Å²) in [5, 5.41) is 4.83. The van der Waals surface area contributed by atoms with Crippen LogP contribution in [0.3, 0.4) is 0 Å². The van der Waals surface area contributed by atoms with Crippen molar-refractivity contribution in [3.05, 3.63) is 61.8 Å². The van der Waals surface area contributed by atoms with E-state index < -0.39 is 0 Å². The van der Waals surface area contributed by atoms with Crippen molar-refractivity contribution >= 4 is 69.1 Å². The summed E-state index contributed by atoms with van der Waals surface area (Å²) in [5.74, 6) is -0.224. The van der Waals surface area contributed by atoms with Gasteiger partial charge in [-0.3, -0.25) is 14.2 Å². The number of methoxy groups -OCH3 is 1. The van der Waals surface area contributed by atoms with Gasteiger partial charge in [-0.15, -0.1) is 0 Å². The number of rotatable bonds is 7. The maximum atomic E-state index is 12.9. The van der Waals surface area contributed by atoms with Crippen LogP contribution in [0, 0.1) is 0 Å². The molecule has 0 fully saturated rings. The molecule has 0 aliphatic carbocycles. The number of hydrogen-bond donors (Lipinski definition) is 1. The Labute approximate surface area is 186 Å². The first kappa shape index (κ1) is 21.9. The molecule has 0 atom stereocenters. The second-order valence-electron chi connectivity index (χ2n) is 5.97. The van der Waals surface area contributed by atoms with E-state index in [1.807, 2.05) is 0 Å². The van der Waals surface area contributed by atoms with Crippen LogP contribution in [-0.4, -0.2) is 34.9 Å². The standard InChI is InChI=1S/C19H16Cl3N3O3S/c1-28-7-6-25-18(27)13-4-2-11(20)8-16(13)24-19(25)29-10-17(26)23-12-3-5-14(21)15(22)9-12/h2-5,8-9H,6-7,10H2,1H3,(H,23,26). The molecule has 1 aromatic heterocycles. The molecular weight excluding hydrogens is 457 g/mol. The van der Waals surface area contributed by atoms with Gasteiger partial charge in [0.1, 0.15) is 0 Å². The van der Waals surface area contributed by atoms with Crippen LogP contribution in [0.5, 0.6) is 0 Å². The van der Waals surface area contributed by atoms with E-state index in [1.54, 1.807) is 43.5 Å². The van der Waals surface area contributed by atoms with Crippen molar-refractivity contribution < 1.29 is 9.53 Å². The fourth-order valence-electron chi connectivity index (χ4n) is 2.56. The number of nitrogens with zero attached hydrogens (tertiary/aromatic N) is 2. The topological polar surface area (TPSA) is 73.2 Å². The van der Waals surface area contributed by atoms with Crippen molar-refractivity contribution in [3.63, 3.8) is 0 Å². The molecule has 10 heteroatoms. The van der Waals surface area contributed by atoms with E-state index in [0.29, 0.717) is 50.0 Å². The summed E-state index contributed by atoms with van der Waals surface area (Å²) in [7, 11) is 1.55. The Morgan fingerprint density at radius 2 is 1.97 bits per heavy atom. The Kier molecular flexibility index (Phi) is 7.43. The highest BCUT2D eigenvalue weighted by atomic mass is 35.5. The molecule has 0 saturated heterocycles. The van der Waals surface area contributed by atoms with Crippen LogP contribution < -0.4 is 10.9 Å². The average Bonchev–Trinajstić information content (AvgIpc) is 2.68. The van der Waals surface area contributed by atoms with Crippen LogP contribution in [0.1, 0.15) is 0 Å². The summed E-state index contributed by atoms with van der Waals surface area (Å²) in [6.07, 6.45) is 0. The zero-order valence-electron chi connectivity index (χ0n) is 15.2. The summed E-state index contributed by atoms with van der Waals surface area (Å²) in [6.45, 7) is 0.654. The molecule has 2 aromatic carbocycles. The molecule has 0 spiro atoms. The number of thioether (sulfide) groups is 1. The Balaban J connectivity index is 1.82. The summed E-state index contributed by atoms with van der Waals surface area (Å²) in [6, 6.07) is 9.73. The van der Waals surface area contributed by atoms with Gasteiger partial charge < -0.3 is 10.1 Å². The molecule has 0 saturated carbocycles. The quantitative estimate of drug-likeness (QED) is 0.397. The smallest absolute Gasteiger partial charge is 0.262 e. The fraction of sp³-hybridized carbons (Fsp3) is 0.211. The molecular formula is C19H16Cl3N3O3S.